The molecule has 2 N–H and O–H groups in total. The average molecular weight is 280 g/mol. The minimum Gasteiger partial charge on any atom is -0.478 e. The molecule has 1 aromatic carbocycles. The molecule has 0 aliphatic heterocycles. The maximum absolute atomic E-state index is 13.7. The molecule has 0 bridgehead atoms. The molecule has 0 radical (unpaired) electrons. The number of hydrogen-bond acceptors (Lipinski definition) is 4. The molecule has 1 aromatic heterocycles. The van der Waals surface area contributed by atoms with E-state index in [2.05, 4.69) is 10.3 Å². The summed E-state index contributed by atoms with van der Waals surface area (Å²) in [5.74, 6) is -1.52. The lowest BCUT2D eigenvalue weighted by Crippen LogP contribution is -2.04. The highest BCUT2D eigenvalue weighted by atomic mass is 32.1. The molecule has 0 unspecified atom stereocenters. The Morgan fingerprint density at radius 2 is 2.21 bits per heavy atom. The molecular formula is C13H13FN2O2S. The SMILES string of the molecule is CC(C)c1csc(Nc2c(F)cccc2C(=O)O)n1. The molecule has 100 valence electrons. The number of anilines is 2. The van der Waals surface area contributed by atoms with E-state index in [9.17, 15) is 9.18 Å². The minimum atomic E-state index is -1.18. The quantitative estimate of drug-likeness (QED) is 0.893. The van der Waals surface area contributed by atoms with Crippen molar-refractivity contribution in [3.8, 4) is 0 Å². The number of para-hydroxylation sites is 1. The summed E-state index contributed by atoms with van der Waals surface area (Å²) in [5, 5.41) is 14.1. The second-order valence-corrected chi connectivity index (χ2v) is 5.18. The van der Waals surface area contributed by atoms with Crippen molar-refractivity contribution in [3.63, 3.8) is 0 Å². The summed E-state index contributed by atoms with van der Waals surface area (Å²) in [5.41, 5.74) is 0.724. The van der Waals surface area contributed by atoms with Gasteiger partial charge in [0.2, 0.25) is 0 Å². The number of nitrogens with zero attached hydrogens (tertiary/aromatic N) is 1. The average Bonchev–Trinajstić information content (AvgIpc) is 2.80. The Morgan fingerprint density at radius 3 is 2.79 bits per heavy atom. The number of benzene rings is 1. The van der Waals surface area contributed by atoms with Crippen molar-refractivity contribution in [2.75, 3.05) is 5.32 Å². The number of carboxylic acid groups (broad SMARTS) is 1. The number of rotatable bonds is 4. The first-order chi connectivity index (χ1) is 8.99. The Kier molecular flexibility index (Phi) is 3.80. The highest BCUT2D eigenvalue weighted by Crippen LogP contribution is 2.28. The number of carbonyl (C=O) groups is 1. The first-order valence-electron chi connectivity index (χ1n) is 5.73. The van der Waals surface area contributed by atoms with Gasteiger partial charge in [0.25, 0.3) is 0 Å². The van der Waals surface area contributed by atoms with E-state index in [1.807, 2.05) is 19.2 Å². The second-order valence-electron chi connectivity index (χ2n) is 4.32. The van der Waals surface area contributed by atoms with Crippen molar-refractivity contribution in [2.45, 2.75) is 19.8 Å². The van der Waals surface area contributed by atoms with Gasteiger partial charge in [0.1, 0.15) is 5.82 Å². The lowest BCUT2D eigenvalue weighted by molar-refractivity contribution is 0.0697. The number of halogens is 1. The lowest BCUT2D eigenvalue weighted by atomic mass is 10.1. The van der Waals surface area contributed by atoms with Crippen LogP contribution in [-0.4, -0.2) is 16.1 Å². The second kappa shape index (κ2) is 5.36. The molecule has 0 spiro atoms. The predicted molar refractivity (Wildman–Crippen MR) is 72.8 cm³/mol. The van der Waals surface area contributed by atoms with Crippen molar-refractivity contribution < 1.29 is 14.3 Å². The summed E-state index contributed by atoms with van der Waals surface area (Å²) >= 11 is 1.32. The van der Waals surface area contributed by atoms with Gasteiger partial charge in [0, 0.05) is 5.38 Å². The Hall–Kier alpha value is -1.95. The number of aromatic carboxylic acids is 1. The predicted octanol–water partition coefficient (Wildman–Crippen LogP) is 3.85. The summed E-state index contributed by atoms with van der Waals surface area (Å²) in [7, 11) is 0. The van der Waals surface area contributed by atoms with Crippen molar-refractivity contribution in [1.82, 2.24) is 4.98 Å². The van der Waals surface area contributed by atoms with Crippen LogP contribution < -0.4 is 5.32 Å². The van der Waals surface area contributed by atoms with Gasteiger partial charge in [-0.05, 0) is 18.1 Å². The van der Waals surface area contributed by atoms with E-state index in [1.54, 1.807) is 0 Å². The molecule has 0 fully saturated rings. The van der Waals surface area contributed by atoms with E-state index in [0.29, 0.717) is 5.13 Å². The zero-order valence-electron chi connectivity index (χ0n) is 10.5. The third-order valence-electron chi connectivity index (χ3n) is 2.59. The molecule has 0 saturated heterocycles. The van der Waals surface area contributed by atoms with Crippen LogP contribution in [0.3, 0.4) is 0 Å². The largest absolute Gasteiger partial charge is 0.478 e. The molecular weight excluding hydrogens is 267 g/mol. The first kappa shape index (κ1) is 13.5. The maximum Gasteiger partial charge on any atom is 0.337 e. The van der Waals surface area contributed by atoms with Crippen LogP contribution in [0.2, 0.25) is 0 Å². The molecule has 1 heterocycles. The van der Waals surface area contributed by atoms with Crippen LogP contribution >= 0.6 is 11.3 Å². The molecule has 0 aliphatic rings. The summed E-state index contributed by atoms with van der Waals surface area (Å²) in [6.45, 7) is 4.01. The molecule has 4 nitrogen and oxygen atoms in total. The van der Waals surface area contributed by atoms with Crippen LogP contribution in [0.5, 0.6) is 0 Å². The summed E-state index contributed by atoms with van der Waals surface area (Å²) in [4.78, 5) is 15.3. The van der Waals surface area contributed by atoms with Crippen molar-refractivity contribution in [3.05, 3.63) is 40.7 Å². The van der Waals surface area contributed by atoms with Gasteiger partial charge in [-0.3, -0.25) is 0 Å². The third kappa shape index (κ3) is 2.90. The summed E-state index contributed by atoms with van der Waals surface area (Å²) in [6.07, 6.45) is 0. The van der Waals surface area contributed by atoms with Gasteiger partial charge >= 0.3 is 5.97 Å². The van der Waals surface area contributed by atoms with Crippen LogP contribution in [-0.2, 0) is 0 Å². The lowest BCUT2D eigenvalue weighted by Gasteiger charge is -2.08. The molecule has 6 heteroatoms. The first-order valence-corrected chi connectivity index (χ1v) is 6.61. The van der Waals surface area contributed by atoms with Crippen LogP contribution in [0.1, 0.15) is 35.8 Å². The Labute approximate surface area is 113 Å². The number of carboxylic acids is 1. The van der Waals surface area contributed by atoms with Crippen molar-refractivity contribution in [1.29, 1.82) is 0 Å². The van der Waals surface area contributed by atoms with Gasteiger partial charge in [0.15, 0.2) is 5.13 Å². The topological polar surface area (TPSA) is 62.2 Å². The van der Waals surface area contributed by atoms with E-state index in [-0.39, 0.29) is 17.2 Å². The molecule has 0 atom stereocenters. The van der Waals surface area contributed by atoms with E-state index in [4.69, 9.17) is 5.11 Å². The van der Waals surface area contributed by atoms with Gasteiger partial charge in [0.05, 0.1) is 16.9 Å². The number of thiazole rings is 1. The smallest absolute Gasteiger partial charge is 0.337 e. The number of nitrogens with one attached hydrogen (secondary N) is 1. The van der Waals surface area contributed by atoms with Crippen molar-refractivity contribution in [2.24, 2.45) is 0 Å². The van der Waals surface area contributed by atoms with E-state index < -0.39 is 11.8 Å². The summed E-state index contributed by atoms with van der Waals surface area (Å²) < 4.78 is 13.7. The fraction of sp³-hybridized carbons (Fsp3) is 0.231. The van der Waals surface area contributed by atoms with Gasteiger partial charge in [-0.15, -0.1) is 11.3 Å². The minimum absolute atomic E-state index is 0.0559. The monoisotopic (exact) mass is 280 g/mol. The van der Waals surface area contributed by atoms with Crippen LogP contribution in [0, 0.1) is 5.82 Å². The standard InChI is InChI=1S/C13H13FN2O2S/c1-7(2)10-6-19-13(15-10)16-11-8(12(17)18)4-3-5-9(11)14/h3-7H,1-2H3,(H,15,16)(H,17,18). The van der Waals surface area contributed by atoms with Gasteiger partial charge in [-0.25, -0.2) is 14.2 Å². The highest BCUT2D eigenvalue weighted by molar-refractivity contribution is 7.13. The number of hydrogen-bond donors (Lipinski definition) is 2. The Morgan fingerprint density at radius 1 is 1.47 bits per heavy atom. The fourth-order valence-electron chi connectivity index (χ4n) is 1.55. The van der Waals surface area contributed by atoms with E-state index >= 15 is 0 Å². The molecule has 0 saturated carbocycles. The Balaban J connectivity index is 2.34. The van der Waals surface area contributed by atoms with Crippen molar-refractivity contribution >= 4 is 28.1 Å². The van der Waals surface area contributed by atoms with Gasteiger partial charge in [-0.2, -0.15) is 0 Å². The normalized spacial score (nSPS) is 10.7. The zero-order chi connectivity index (χ0) is 14.0. The molecule has 2 aromatic rings. The van der Waals surface area contributed by atoms with Gasteiger partial charge in [-0.1, -0.05) is 19.9 Å². The van der Waals surface area contributed by atoms with Crippen LogP contribution in [0.25, 0.3) is 0 Å². The maximum atomic E-state index is 13.7. The molecule has 2 rings (SSSR count). The highest BCUT2D eigenvalue weighted by Gasteiger charge is 2.15. The summed E-state index contributed by atoms with van der Waals surface area (Å²) in [6, 6.07) is 3.93. The molecule has 0 aliphatic carbocycles. The molecule has 19 heavy (non-hydrogen) atoms. The number of aromatic nitrogens is 1. The Bertz CT molecular complexity index is 610. The fourth-order valence-corrected chi connectivity index (χ4v) is 2.42. The van der Waals surface area contributed by atoms with Crippen LogP contribution in [0.15, 0.2) is 23.6 Å². The molecule has 0 amide bonds. The zero-order valence-corrected chi connectivity index (χ0v) is 11.3. The van der Waals surface area contributed by atoms with Crippen LogP contribution in [0.4, 0.5) is 15.2 Å². The third-order valence-corrected chi connectivity index (χ3v) is 3.37. The van der Waals surface area contributed by atoms with E-state index in [0.717, 1.165) is 5.69 Å². The van der Waals surface area contributed by atoms with E-state index in [1.165, 1.54) is 29.5 Å². The van der Waals surface area contributed by atoms with Gasteiger partial charge < -0.3 is 10.4 Å².